The van der Waals surface area contributed by atoms with Gasteiger partial charge in [0.2, 0.25) is 5.89 Å². The Hall–Kier alpha value is -3.46. The molecular formula is C22H21N5O3S. The van der Waals surface area contributed by atoms with Crippen molar-refractivity contribution in [3.8, 4) is 27.8 Å². The zero-order valence-electron chi connectivity index (χ0n) is 16.9. The summed E-state index contributed by atoms with van der Waals surface area (Å²) in [6.45, 7) is 1.22. The van der Waals surface area contributed by atoms with Crippen molar-refractivity contribution in [3.63, 3.8) is 0 Å². The number of aromatic amines is 1. The van der Waals surface area contributed by atoms with E-state index >= 15 is 0 Å². The van der Waals surface area contributed by atoms with Gasteiger partial charge in [0, 0.05) is 18.7 Å². The molecule has 0 unspecified atom stereocenters. The Morgan fingerprint density at radius 2 is 2.16 bits per heavy atom. The van der Waals surface area contributed by atoms with E-state index in [9.17, 15) is 4.79 Å². The van der Waals surface area contributed by atoms with Gasteiger partial charge in [0.05, 0.1) is 23.6 Å². The maximum atomic E-state index is 13.1. The number of aromatic nitrogens is 4. The Morgan fingerprint density at radius 1 is 1.26 bits per heavy atom. The number of carbonyl (C=O) groups excluding carboxylic acids is 1. The van der Waals surface area contributed by atoms with Crippen molar-refractivity contribution in [2.45, 2.75) is 18.8 Å². The first kappa shape index (κ1) is 19.5. The van der Waals surface area contributed by atoms with E-state index in [1.54, 1.807) is 24.5 Å². The highest BCUT2D eigenvalue weighted by Crippen LogP contribution is 2.31. The molecule has 1 N–H and O–H groups in total. The fourth-order valence-corrected chi connectivity index (χ4v) is 4.50. The number of thiophene rings is 1. The van der Waals surface area contributed by atoms with E-state index in [0.29, 0.717) is 42.0 Å². The van der Waals surface area contributed by atoms with E-state index in [1.165, 1.54) is 0 Å². The van der Waals surface area contributed by atoms with Crippen LogP contribution in [0.2, 0.25) is 0 Å². The minimum Gasteiger partial charge on any atom is -0.496 e. The number of methoxy groups -OCH3 is 1. The number of hydrogen-bond acceptors (Lipinski definition) is 7. The van der Waals surface area contributed by atoms with Crippen molar-refractivity contribution in [3.05, 3.63) is 59.4 Å². The molecule has 8 nitrogen and oxygen atoms in total. The van der Waals surface area contributed by atoms with E-state index in [2.05, 4.69) is 20.4 Å². The fourth-order valence-electron chi connectivity index (χ4n) is 3.86. The van der Waals surface area contributed by atoms with Gasteiger partial charge < -0.3 is 14.1 Å². The number of nitrogens with zero attached hydrogens (tertiary/aromatic N) is 4. The van der Waals surface area contributed by atoms with Crippen LogP contribution in [-0.2, 0) is 0 Å². The lowest BCUT2D eigenvalue weighted by molar-refractivity contribution is 0.0692. The van der Waals surface area contributed by atoms with Crippen molar-refractivity contribution < 1.29 is 13.9 Å². The van der Waals surface area contributed by atoms with E-state index in [0.717, 1.165) is 23.3 Å². The molecule has 0 bridgehead atoms. The quantitative estimate of drug-likeness (QED) is 0.504. The van der Waals surface area contributed by atoms with Gasteiger partial charge in [-0.25, -0.2) is 0 Å². The van der Waals surface area contributed by atoms with E-state index in [-0.39, 0.29) is 11.8 Å². The summed E-state index contributed by atoms with van der Waals surface area (Å²) in [6.07, 6.45) is 1.78. The lowest BCUT2D eigenvalue weighted by Gasteiger charge is -2.30. The van der Waals surface area contributed by atoms with Crippen LogP contribution in [0.4, 0.5) is 0 Å². The van der Waals surface area contributed by atoms with Crippen LogP contribution in [0.25, 0.3) is 22.0 Å². The monoisotopic (exact) mass is 435 g/mol. The van der Waals surface area contributed by atoms with Crippen LogP contribution >= 0.6 is 11.3 Å². The minimum absolute atomic E-state index is 0.0236. The molecule has 5 rings (SSSR count). The number of amides is 1. The normalized spacial score (nSPS) is 16.4. The maximum absolute atomic E-state index is 13.1. The third kappa shape index (κ3) is 3.84. The second-order valence-electron chi connectivity index (χ2n) is 7.38. The first-order chi connectivity index (χ1) is 15.2. The third-order valence-electron chi connectivity index (χ3n) is 5.42. The molecule has 1 aromatic carbocycles. The highest BCUT2D eigenvalue weighted by atomic mass is 32.1. The van der Waals surface area contributed by atoms with Crippen LogP contribution in [0.1, 0.15) is 35.1 Å². The summed E-state index contributed by atoms with van der Waals surface area (Å²) in [5.74, 6) is 1.76. The number of rotatable bonds is 5. The van der Waals surface area contributed by atoms with E-state index in [4.69, 9.17) is 9.15 Å². The summed E-state index contributed by atoms with van der Waals surface area (Å²) in [5.41, 5.74) is 1.96. The molecule has 0 aliphatic carbocycles. The summed E-state index contributed by atoms with van der Waals surface area (Å²) < 4.78 is 11.3. The van der Waals surface area contributed by atoms with Gasteiger partial charge in [-0.1, -0.05) is 18.2 Å². The van der Waals surface area contributed by atoms with Gasteiger partial charge >= 0.3 is 0 Å². The predicted molar refractivity (Wildman–Crippen MR) is 116 cm³/mol. The van der Waals surface area contributed by atoms with Crippen molar-refractivity contribution in [2.24, 2.45) is 0 Å². The molecule has 1 aliphatic heterocycles. The Morgan fingerprint density at radius 3 is 3.00 bits per heavy atom. The smallest absolute Gasteiger partial charge is 0.271 e. The number of ether oxygens (including phenoxy) is 1. The Kier molecular flexibility index (Phi) is 5.25. The molecule has 158 valence electrons. The van der Waals surface area contributed by atoms with Crippen LogP contribution in [0.15, 0.2) is 52.3 Å². The molecular weight excluding hydrogens is 414 g/mol. The zero-order valence-corrected chi connectivity index (χ0v) is 17.8. The van der Waals surface area contributed by atoms with Crippen molar-refractivity contribution in [1.29, 1.82) is 0 Å². The van der Waals surface area contributed by atoms with Crippen LogP contribution in [-0.4, -0.2) is 51.4 Å². The van der Waals surface area contributed by atoms with Gasteiger partial charge in [-0.15, -0.1) is 21.5 Å². The number of hydrogen-bond donors (Lipinski definition) is 1. The average Bonchev–Trinajstić information content (AvgIpc) is 3.59. The maximum Gasteiger partial charge on any atom is 0.271 e. The molecule has 1 fully saturated rings. The summed E-state index contributed by atoms with van der Waals surface area (Å²) >= 11 is 1.56. The third-order valence-corrected chi connectivity index (χ3v) is 6.28. The summed E-state index contributed by atoms with van der Waals surface area (Å²) in [7, 11) is 1.62. The largest absolute Gasteiger partial charge is 0.496 e. The lowest BCUT2D eigenvalue weighted by atomic mass is 9.97. The lowest BCUT2D eigenvalue weighted by Crippen LogP contribution is -2.39. The molecule has 1 amide bonds. The standard InChI is InChI=1S/C22H21N5O3S/c1-29-18-8-3-2-7-15(18)16-12-17(24-23-16)22(28)27-10-4-6-14(13-27)20-25-26-21(30-20)19-9-5-11-31-19/h2-3,5,7-9,11-12,14H,4,6,10,13H2,1H3,(H,23,24)/t14-/m1/s1. The van der Waals surface area contributed by atoms with E-state index < -0.39 is 0 Å². The van der Waals surface area contributed by atoms with Gasteiger partial charge in [-0.3, -0.25) is 9.89 Å². The fraction of sp³-hybridized carbons (Fsp3) is 0.273. The van der Waals surface area contributed by atoms with Gasteiger partial charge in [0.1, 0.15) is 11.4 Å². The van der Waals surface area contributed by atoms with Gasteiger partial charge in [0.15, 0.2) is 0 Å². The molecule has 0 saturated carbocycles. The summed E-state index contributed by atoms with van der Waals surface area (Å²) in [6, 6.07) is 13.3. The van der Waals surface area contributed by atoms with Crippen molar-refractivity contribution >= 4 is 17.2 Å². The number of para-hydroxylation sites is 1. The SMILES string of the molecule is COc1ccccc1-c1cc(C(=O)N2CCC[C@@H](c3nnc(-c4cccs4)o3)C2)[nH]n1. The minimum atomic E-state index is -0.0867. The van der Waals surface area contributed by atoms with Crippen LogP contribution in [0, 0.1) is 0 Å². The molecule has 3 aromatic heterocycles. The molecule has 9 heteroatoms. The van der Waals surface area contributed by atoms with Gasteiger partial charge in [-0.05, 0) is 42.5 Å². The molecule has 0 spiro atoms. The Balaban J connectivity index is 1.32. The zero-order chi connectivity index (χ0) is 21.2. The molecule has 31 heavy (non-hydrogen) atoms. The second kappa shape index (κ2) is 8.35. The molecule has 1 atom stereocenters. The van der Waals surface area contributed by atoms with Crippen LogP contribution < -0.4 is 4.74 Å². The van der Waals surface area contributed by atoms with Crippen molar-refractivity contribution in [2.75, 3.05) is 20.2 Å². The predicted octanol–water partition coefficient (Wildman–Crippen LogP) is 4.22. The molecule has 1 saturated heterocycles. The first-order valence-electron chi connectivity index (χ1n) is 10.1. The summed E-state index contributed by atoms with van der Waals surface area (Å²) in [5, 5.41) is 17.6. The Labute approximate surface area is 182 Å². The number of likely N-dealkylation sites (tertiary alicyclic amines) is 1. The topological polar surface area (TPSA) is 97.1 Å². The average molecular weight is 436 g/mol. The van der Waals surface area contributed by atoms with Gasteiger partial charge in [-0.2, -0.15) is 5.10 Å². The Bertz CT molecular complexity index is 1180. The van der Waals surface area contributed by atoms with Crippen LogP contribution in [0.3, 0.4) is 0 Å². The molecule has 0 radical (unpaired) electrons. The van der Waals surface area contributed by atoms with Crippen molar-refractivity contribution in [1.82, 2.24) is 25.3 Å². The number of nitrogens with one attached hydrogen (secondary N) is 1. The highest BCUT2D eigenvalue weighted by Gasteiger charge is 2.30. The van der Waals surface area contributed by atoms with Crippen LogP contribution in [0.5, 0.6) is 5.75 Å². The van der Waals surface area contributed by atoms with E-state index in [1.807, 2.05) is 46.7 Å². The molecule has 4 heterocycles. The number of H-pyrrole nitrogens is 1. The number of carbonyl (C=O) groups is 1. The number of benzene rings is 1. The highest BCUT2D eigenvalue weighted by molar-refractivity contribution is 7.13. The van der Waals surface area contributed by atoms with Gasteiger partial charge in [0.25, 0.3) is 11.8 Å². The number of piperidine rings is 1. The summed E-state index contributed by atoms with van der Waals surface area (Å²) in [4.78, 5) is 15.9. The molecule has 4 aromatic rings. The molecule has 1 aliphatic rings. The first-order valence-corrected chi connectivity index (χ1v) is 11.0. The second-order valence-corrected chi connectivity index (χ2v) is 8.33.